The predicted molar refractivity (Wildman–Crippen MR) is 87.1 cm³/mol. The van der Waals surface area contributed by atoms with Crippen LogP contribution in [0.5, 0.6) is 11.5 Å². The average molecular weight is 326 g/mol. The summed E-state index contributed by atoms with van der Waals surface area (Å²) < 4.78 is 10.8. The van der Waals surface area contributed by atoms with Gasteiger partial charge in [0, 0.05) is 25.3 Å². The van der Waals surface area contributed by atoms with Crippen molar-refractivity contribution < 1.29 is 14.3 Å². The molecule has 0 saturated carbocycles. The molecular formula is C17H18N4O3. The van der Waals surface area contributed by atoms with E-state index in [1.807, 2.05) is 29.2 Å². The second-order valence-electron chi connectivity index (χ2n) is 5.86. The maximum absolute atomic E-state index is 12.8. The molecule has 0 bridgehead atoms. The lowest BCUT2D eigenvalue weighted by atomic mass is 10.0. The fourth-order valence-electron chi connectivity index (χ4n) is 3.08. The first-order chi connectivity index (χ1) is 11.8. The van der Waals surface area contributed by atoms with E-state index in [9.17, 15) is 4.79 Å². The third-order valence-electron chi connectivity index (χ3n) is 4.33. The van der Waals surface area contributed by atoms with Crippen LogP contribution < -0.4 is 14.8 Å². The monoisotopic (exact) mass is 326 g/mol. The number of anilines is 1. The molecule has 1 fully saturated rings. The highest BCUT2D eigenvalue weighted by molar-refractivity contribution is 5.98. The second-order valence-corrected chi connectivity index (χ2v) is 5.86. The fourth-order valence-corrected chi connectivity index (χ4v) is 3.08. The Bertz CT molecular complexity index is 730. The van der Waals surface area contributed by atoms with E-state index in [4.69, 9.17) is 9.47 Å². The molecule has 3 heterocycles. The zero-order chi connectivity index (χ0) is 16.4. The molecule has 2 aliphatic heterocycles. The number of hydrogen-bond acceptors (Lipinski definition) is 6. The number of aromatic nitrogens is 2. The molecule has 0 spiro atoms. The van der Waals surface area contributed by atoms with Gasteiger partial charge in [-0.1, -0.05) is 6.07 Å². The lowest BCUT2D eigenvalue weighted by Gasteiger charge is -2.32. The molecule has 1 amide bonds. The molecular weight excluding hydrogens is 308 g/mol. The number of carbonyl (C=O) groups excluding carboxylic acids is 1. The molecule has 0 radical (unpaired) electrons. The van der Waals surface area contributed by atoms with Gasteiger partial charge in [-0.05, 0) is 37.1 Å². The summed E-state index contributed by atoms with van der Waals surface area (Å²) in [7, 11) is 0. The lowest BCUT2D eigenvalue weighted by Crippen LogP contribution is -2.42. The molecule has 24 heavy (non-hydrogen) atoms. The van der Waals surface area contributed by atoms with Crippen molar-refractivity contribution in [1.29, 1.82) is 0 Å². The van der Waals surface area contributed by atoms with Gasteiger partial charge in [0.05, 0.1) is 5.56 Å². The van der Waals surface area contributed by atoms with Crippen LogP contribution in [0.2, 0.25) is 0 Å². The number of likely N-dealkylation sites (tertiary alicyclic amines) is 1. The summed E-state index contributed by atoms with van der Waals surface area (Å²) in [6, 6.07) is 9.48. The number of fused-ring (bicyclic) bond motifs is 1. The Balaban J connectivity index is 1.39. The highest BCUT2D eigenvalue weighted by Gasteiger charge is 2.28. The minimum absolute atomic E-state index is 0.00435. The quantitative estimate of drug-likeness (QED) is 0.929. The largest absolute Gasteiger partial charge is 0.454 e. The Morgan fingerprint density at radius 2 is 2.04 bits per heavy atom. The van der Waals surface area contributed by atoms with Crippen LogP contribution in [-0.4, -0.2) is 46.9 Å². The molecule has 2 aromatic rings. The van der Waals surface area contributed by atoms with E-state index in [0.717, 1.165) is 18.7 Å². The molecule has 7 nitrogen and oxygen atoms in total. The van der Waals surface area contributed by atoms with Gasteiger partial charge in [0.25, 0.3) is 5.91 Å². The summed E-state index contributed by atoms with van der Waals surface area (Å²) in [5.41, 5.74) is 0.574. The van der Waals surface area contributed by atoms with Crippen LogP contribution in [0.3, 0.4) is 0 Å². The van der Waals surface area contributed by atoms with Gasteiger partial charge in [-0.25, -0.2) is 0 Å². The number of piperidine rings is 1. The zero-order valence-corrected chi connectivity index (χ0v) is 13.1. The first kappa shape index (κ1) is 14.7. The summed E-state index contributed by atoms with van der Waals surface area (Å²) >= 11 is 0. The molecule has 0 aliphatic carbocycles. The Hall–Kier alpha value is -2.83. The average Bonchev–Trinajstić information content (AvgIpc) is 3.11. The van der Waals surface area contributed by atoms with E-state index in [0.29, 0.717) is 36.2 Å². The number of amides is 1. The first-order valence-corrected chi connectivity index (χ1v) is 8.03. The van der Waals surface area contributed by atoms with Gasteiger partial charge in [0.2, 0.25) is 6.79 Å². The molecule has 7 heteroatoms. The van der Waals surface area contributed by atoms with Crippen molar-refractivity contribution in [1.82, 2.24) is 15.1 Å². The first-order valence-electron chi connectivity index (χ1n) is 8.03. The van der Waals surface area contributed by atoms with Crippen LogP contribution in [0, 0.1) is 0 Å². The smallest absolute Gasteiger partial charge is 0.257 e. The molecule has 4 rings (SSSR count). The molecule has 1 aromatic carbocycles. The lowest BCUT2D eigenvalue weighted by molar-refractivity contribution is 0.0714. The van der Waals surface area contributed by atoms with Crippen molar-refractivity contribution in [3.63, 3.8) is 0 Å². The maximum Gasteiger partial charge on any atom is 0.257 e. The highest BCUT2D eigenvalue weighted by atomic mass is 16.7. The molecule has 1 saturated heterocycles. The number of carbonyl (C=O) groups is 1. The number of rotatable bonds is 3. The molecule has 124 valence electrons. The molecule has 0 unspecified atom stereocenters. The SMILES string of the molecule is O=C(c1cccc2c1OCO2)N1CCC(Nc2cccnn2)CC1. The standard InChI is InChI=1S/C17H18N4O3/c22-17(13-3-1-4-14-16(13)24-11-23-14)21-9-6-12(7-10-21)19-15-5-2-8-18-20-15/h1-5,8,12H,6-7,9-11H2,(H,19,20). The van der Waals surface area contributed by atoms with Crippen LogP contribution in [0.1, 0.15) is 23.2 Å². The van der Waals surface area contributed by atoms with Crippen molar-refractivity contribution >= 4 is 11.7 Å². The molecule has 1 N–H and O–H groups in total. The maximum atomic E-state index is 12.8. The van der Waals surface area contributed by atoms with E-state index in [-0.39, 0.29) is 12.7 Å². The Morgan fingerprint density at radius 3 is 2.83 bits per heavy atom. The summed E-state index contributed by atoms with van der Waals surface area (Å²) in [5, 5.41) is 11.3. The van der Waals surface area contributed by atoms with Crippen molar-refractivity contribution in [3.8, 4) is 11.5 Å². The molecule has 2 aliphatic rings. The minimum atomic E-state index is -0.00435. The number of benzene rings is 1. The number of hydrogen-bond donors (Lipinski definition) is 1. The third-order valence-corrected chi connectivity index (χ3v) is 4.33. The van der Waals surface area contributed by atoms with E-state index < -0.39 is 0 Å². The van der Waals surface area contributed by atoms with E-state index in [1.165, 1.54) is 0 Å². The van der Waals surface area contributed by atoms with Gasteiger partial charge in [-0.3, -0.25) is 4.79 Å². The normalized spacial score (nSPS) is 16.9. The summed E-state index contributed by atoms with van der Waals surface area (Å²) in [6.07, 6.45) is 3.39. The van der Waals surface area contributed by atoms with Gasteiger partial charge in [0.1, 0.15) is 5.82 Å². The molecule has 0 atom stereocenters. The van der Waals surface area contributed by atoms with E-state index in [2.05, 4.69) is 15.5 Å². The fraction of sp³-hybridized carbons (Fsp3) is 0.353. The van der Waals surface area contributed by atoms with Gasteiger partial charge >= 0.3 is 0 Å². The Morgan fingerprint density at radius 1 is 1.17 bits per heavy atom. The molecule has 1 aromatic heterocycles. The van der Waals surface area contributed by atoms with Crippen molar-refractivity contribution in [2.24, 2.45) is 0 Å². The zero-order valence-electron chi connectivity index (χ0n) is 13.1. The highest BCUT2D eigenvalue weighted by Crippen LogP contribution is 2.36. The van der Waals surface area contributed by atoms with Gasteiger partial charge in [-0.2, -0.15) is 5.10 Å². The number of ether oxygens (including phenoxy) is 2. The van der Waals surface area contributed by atoms with Gasteiger partial charge in [-0.15, -0.1) is 5.10 Å². The third kappa shape index (κ3) is 2.84. The van der Waals surface area contributed by atoms with Crippen LogP contribution in [0.15, 0.2) is 36.5 Å². The van der Waals surface area contributed by atoms with E-state index in [1.54, 1.807) is 12.3 Å². The Kier molecular flexibility index (Phi) is 3.90. The Labute approximate surface area is 139 Å². The second kappa shape index (κ2) is 6.35. The van der Waals surface area contributed by atoms with Crippen molar-refractivity contribution in [3.05, 3.63) is 42.1 Å². The summed E-state index contributed by atoms with van der Waals surface area (Å²) in [4.78, 5) is 14.6. The summed E-state index contributed by atoms with van der Waals surface area (Å²) in [6.45, 7) is 1.56. The number of nitrogens with one attached hydrogen (secondary N) is 1. The van der Waals surface area contributed by atoms with Gasteiger partial charge in [0.15, 0.2) is 11.5 Å². The predicted octanol–water partition coefficient (Wildman–Crippen LogP) is 1.92. The van der Waals surface area contributed by atoms with Crippen molar-refractivity contribution in [2.75, 3.05) is 25.2 Å². The van der Waals surface area contributed by atoms with Crippen LogP contribution in [0.4, 0.5) is 5.82 Å². The van der Waals surface area contributed by atoms with Crippen LogP contribution >= 0.6 is 0 Å². The van der Waals surface area contributed by atoms with Crippen LogP contribution in [0.25, 0.3) is 0 Å². The number of nitrogens with zero attached hydrogens (tertiary/aromatic N) is 3. The van der Waals surface area contributed by atoms with Crippen LogP contribution in [-0.2, 0) is 0 Å². The number of para-hydroxylation sites is 1. The minimum Gasteiger partial charge on any atom is -0.454 e. The topological polar surface area (TPSA) is 76.6 Å². The summed E-state index contributed by atoms with van der Waals surface area (Å²) in [5.74, 6) is 1.96. The van der Waals surface area contributed by atoms with Gasteiger partial charge < -0.3 is 19.7 Å². The van der Waals surface area contributed by atoms with Crippen molar-refractivity contribution in [2.45, 2.75) is 18.9 Å². The van der Waals surface area contributed by atoms with E-state index >= 15 is 0 Å².